The average Bonchev–Trinajstić information content (AvgIpc) is 3.03. The van der Waals surface area contributed by atoms with E-state index in [-0.39, 0.29) is 5.91 Å². The standard InChI is InChI=1S/C18H19N3O2S/c1-23-11-9-19-18(22)15-6-2-3-7-16(15)24-13-14-12-21-10-5-4-8-17(21)20-14/h2-8,10,12H,9,11,13H2,1H3,(H,19,22). The van der Waals surface area contributed by atoms with E-state index in [4.69, 9.17) is 4.74 Å². The molecule has 0 saturated carbocycles. The monoisotopic (exact) mass is 341 g/mol. The number of hydrogen-bond acceptors (Lipinski definition) is 4. The molecular formula is C18H19N3O2S. The highest BCUT2D eigenvalue weighted by Gasteiger charge is 2.11. The van der Waals surface area contributed by atoms with Crippen LogP contribution in [0, 0.1) is 0 Å². The molecule has 0 bridgehead atoms. The normalized spacial score (nSPS) is 10.9. The zero-order chi connectivity index (χ0) is 16.8. The van der Waals surface area contributed by atoms with E-state index in [0.29, 0.717) is 24.5 Å². The molecule has 0 unspecified atom stereocenters. The molecule has 3 aromatic rings. The zero-order valence-electron chi connectivity index (χ0n) is 13.4. The lowest BCUT2D eigenvalue weighted by Gasteiger charge is -2.09. The fraction of sp³-hybridized carbons (Fsp3) is 0.222. The van der Waals surface area contributed by atoms with Gasteiger partial charge in [0.15, 0.2) is 0 Å². The number of carbonyl (C=O) groups is 1. The molecule has 0 saturated heterocycles. The van der Waals surface area contributed by atoms with E-state index in [0.717, 1.165) is 16.2 Å². The smallest absolute Gasteiger partial charge is 0.252 e. The van der Waals surface area contributed by atoms with E-state index in [2.05, 4.69) is 10.3 Å². The Labute approximate surface area is 145 Å². The predicted octanol–water partition coefficient (Wildman–Crippen LogP) is 3.00. The Bertz CT molecular complexity index is 799. The number of aromatic nitrogens is 2. The van der Waals surface area contributed by atoms with Gasteiger partial charge in [-0.3, -0.25) is 4.79 Å². The van der Waals surface area contributed by atoms with Crippen LogP contribution in [0.15, 0.2) is 59.8 Å². The van der Waals surface area contributed by atoms with Crippen LogP contribution in [-0.2, 0) is 10.5 Å². The Kier molecular flexibility index (Phi) is 5.51. The predicted molar refractivity (Wildman–Crippen MR) is 95.4 cm³/mol. The van der Waals surface area contributed by atoms with Gasteiger partial charge in [-0.1, -0.05) is 18.2 Å². The molecule has 0 aliphatic carbocycles. The SMILES string of the molecule is COCCNC(=O)c1ccccc1SCc1cn2ccccc2n1. The third kappa shape index (κ3) is 3.96. The van der Waals surface area contributed by atoms with Gasteiger partial charge in [-0.05, 0) is 24.3 Å². The van der Waals surface area contributed by atoms with Crippen LogP contribution in [0.3, 0.4) is 0 Å². The molecule has 0 aliphatic heterocycles. The number of pyridine rings is 1. The Balaban J connectivity index is 1.69. The Morgan fingerprint density at radius 1 is 1.25 bits per heavy atom. The molecule has 1 amide bonds. The first-order chi connectivity index (χ1) is 11.8. The van der Waals surface area contributed by atoms with Gasteiger partial charge < -0.3 is 14.5 Å². The molecule has 2 heterocycles. The number of methoxy groups -OCH3 is 1. The van der Waals surface area contributed by atoms with Crippen LogP contribution in [0.2, 0.25) is 0 Å². The Morgan fingerprint density at radius 2 is 2.08 bits per heavy atom. The van der Waals surface area contributed by atoms with Crippen molar-refractivity contribution in [3.05, 3.63) is 66.1 Å². The topological polar surface area (TPSA) is 55.6 Å². The number of imidazole rings is 1. The van der Waals surface area contributed by atoms with Crippen LogP contribution in [-0.4, -0.2) is 35.6 Å². The van der Waals surface area contributed by atoms with Crippen LogP contribution in [0.5, 0.6) is 0 Å². The van der Waals surface area contributed by atoms with Crippen LogP contribution >= 0.6 is 11.8 Å². The van der Waals surface area contributed by atoms with Gasteiger partial charge >= 0.3 is 0 Å². The summed E-state index contributed by atoms with van der Waals surface area (Å²) < 4.78 is 6.96. The third-order valence-electron chi connectivity index (χ3n) is 3.51. The number of hydrogen-bond donors (Lipinski definition) is 1. The number of carbonyl (C=O) groups excluding carboxylic acids is 1. The maximum atomic E-state index is 12.3. The van der Waals surface area contributed by atoms with Crippen molar-refractivity contribution in [2.24, 2.45) is 0 Å². The van der Waals surface area contributed by atoms with E-state index < -0.39 is 0 Å². The number of nitrogens with one attached hydrogen (secondary N) is 1. The molecule has 0 radical (unpaired) electrons. The van der Waals surface area contributed by atoms with Gasteiger partial charge in [0, 0.05) is 36.7 Å². The Morgan fingerprint density at radius 3 is 2.92 bits per heavy atom. The van der Waals surface area contributed by atoms with Crippen molar-refractivity contribution in [3.63, 3.8) is 0 Å². The molecule has 1 aromatic carbocycles. The zero-order valence-corrected chi connectivity index (χ0v) is 14.3. The minimum atomic E-state index is -0.0786. The Hall–Kier alpha value is -2.31. The van der Waals surface area contributed by atoms with Crippen molar-refractivity contribution >= 4 is 23.3 Å². The largest absolute Gasteiger partial charge is 0.383 e. The summed E-state index contributed by atoms with van der Waals surface area (Å²) in [5.74, 6) is 0.634. The molecule has 1 N–H and O–H groups in total. The molecule has 5 nitrogen and oxygen atoms in total. The van der Waals surface area contributed by atoms with Crippen LogP contribution in [0.25, 0.3) is 5.65 Å². The number of fused-ring (bicyclic) bond motifs is 1. The molecule has 0 atom stereocenters. The van der Waals surface area contributed by atoms with Gasteiger partial charge in [-0.25, -0.2) is 4.98 Å². The number of thioether (sulfide) groups is 1. The van der Waals surface area contributed by atoms with Gasteiger partial charge in [-0.2, -0.15) is 0 Å². The number of benzene rings is 1. The van der Waals surface area contributed by atoms with Crippen LogP contribution in [0.4, 0.5) is 0 Å². The maximum absolute atomic E-state index is 12.3. The first-order valence-electron chi connectivity index (χ1n) is 7.69. The molecule has 2 aromatic heterocycles. The highest BCUT2D eigenvalue weighted by Crippen LogP contribution is 2.26. The molecule has 124 valence electrons. The number of amides is 1. The number of nitrogens with zero attached hydrogens (tertiary/aromatic N) is 2. The number of rotatable bonds is 7. The molecule has 3 rings (SSSR count). The summed E-state index contributed by atoms with van der Waals surface area (Å²) in [5.41, 5.74) is 2.60. The van der Waals surface area contributed by atoms with Gasteiger partial charge in [0.2, 0.25) is 0 Å². The highest BCUT2D eigenvalue weighted by atomic mass is 32.2. The van der Waals surface area contributed by atoms with Crippen LogP contribution in [0.1, 0.15) is 16.1 Å². The molecule has 24 heavy (non-hydrogen) atoms. The summed E-state index contributed by atoms with van der Waals surface area (Å²) in [6, 6.07) is 13.5. The first-order valence-corrected chi connectivity index (χ1v) is 8.68. The summed E-state index contributed by atoms with van der Waals surface area (Å²) in [4.78, 5) is 17.8. The summed E-state index contributed by atoms with van der Waals surface area (Å²) in [6.07, 6.45) is 4.00. The van der Waals surface area contributed by atoms with Crippen molar-refractivity contribution < 1.29 is 9.53 Å². The molecular weight excluding hydrogens is 322 g/mol. The fourth-order valence-electron chi connectivity index (χ4n) is 2.35. The summed E-state index contributed by atoms with van der Waals surface area (Å²) >= 11 is 1.62. The van der Waals surface area contributed by atoms with E-state index in [1.807, 2.05) is 59.3 Å². The minimum absolute atomic E-state index is 0.0786. The summed E-state index contributed by atoms with van der Waals surface area (Å²) in [7, 11) is 1.62. The quantitative estimate of drug-likeness (QED) is 0.530. The summed E-state index contributed by atoms with van der Waals surface area (Å²) in [5, 5.41) is 2.86. The average molecular weight is 341 g/mol. The lowest BCUT2D eigenvalue weighted by Crippen LogP contribution is -2.27. The van der Waals surface area contributed by atoms with E-state index in [1.165, 1.54) is 0 Å². The van der Waals surface area contributed by atoms with Gasteiger partial charge in [0.05, 0.1) is 17.9 Å². The second-order valence-corrected chi connectivity index (χ2v) is 6.25. The van der Waals surface area contributed by atoms with Gasteiger partial charge in [-0.15, -0.1) is 11.8 Å². The van der Waals surface area contributed by atoms with Crippen molar-refractivity contribution in [1.29, 1.82) is 0 Å². The fourth-order valence-corrected chi connectivity index (χ4v) is 3.28. The van der Waals surface area contributed by atoms with Gasteiger partial charge in [0.1, 0.15) is 5.65 Å². The highest BCUT2D eigenvalue weighted by molar-refractivity contribution is 7.98. The van der Waals surface area contributed by atoms with Gasteiger partial charge in [0.25, 0.3) is 5.91 Å². The van der Waals surface area contributed by atoms with E-state index in [1.54, 1.807) is 18.9 Å². The lowest BCUT2D eigenvalue weighted by molar-refractivity contribution is 0.0934. The van der Waals surface area contributed by atoms with Crippen molar-refractivity contribution in [2.75, 3.05) is 20.3 Å². The molecule has 6 heteroatoms. The molecule has 0 aliphatic rings. The van der Waals surface area contributed by atoms with E-state index in [9.17, 15) is 4.79 Å². The molecule has 0 spiro atoms. The third-order valence-corrected chi connectivity index (χ3v) is 4.62. The minimum Gasteiger partial charge on any atom is -0.383 e. The number of ether oxygens (including phenoxy) is 1. The second kappa shape index (κ2) is 7.99. The van der Waals surface area contributed by atoms with E-state index >= 15 is 0 Å². The van der Waals surface area contributed by atoms with Crippen molar-refractivity contribution in [2.45, 2.75) is 10.6 Å². The second-order valence-electron chi connectivity index (χ2n) is 5.23. The maximum Gasteiger partial charge on any atom is 0.252 e. The molecule has 0 fully saturated rings. The lowest BCUT2D eigenvalue weighted by atomic mass is 10.2. The van der Waals surface area contributed by atoms with Crippen LogP contribution < -0.4 is 5.32 Å². The van der Waals surface area contributed by atoms with Crippen molar-refractivity contribution in [1.82, 2.24) is 14.7 Å². The first kappa shape index (κ1) is 16.5. The van der Waals surface area contributed by atoms with Crippen molar-refractivity contribution in [3.8, 4) is 0 Å². The summed E-state index contributed by atoms with van der Waals surface area (Å²) in [6.45, 7) is 1.00.